The molecule has 0 amide bonds. The average Bonchev–Trinajstić information content (AvgIpc) is 3.43. The molecule has 1 aliphatic heterocycles. The number of nitrogens with zero attached hydrogens (tertiary/aromatic N) is 1. The number of anilines is 1. The molecule has 2 aliphatic rings. The fourth-order valence-electron chi connectivity index (χ4n) is 4.01. The molecule has 5 rings (SSSR count). The maximum absolute atomic E-state index is 12.9. The van der Waals surface area contributed by atoms with Gasteiger partial charge >= 0.3 is 0 Å². The number of Topliss-reactive ketones (excluding diaryl/α,β-unsaturated/α-hetero) is 1. The summed E-state index contributed by atoms with van der Waals surface area (Å²) < 4.78 is 11.4. The second-order valence-electron chi connectivity index (χ2n) is 7.72. The van der Waals surface area contributed by atoms with Gasteiger partial charge in [0.05, 0.1) is 6.20 Å². The van der Waals surface area contributed by atoms with Crippen molar-refractivity contribution in [2.75, 3.05) is 5.32 Å². The standard InChI is InChI=1S/C23H22N2O3/c1-14-19(22(26)15-7-8-15)11-20-21(25-14)10-9-18(16-12-24-27-13-16)23(20)28-17-5-3-2-4-6-17/h2-6,9-10,12-15,19,25H,7-8,11H2,1H3/t14-,19?/m0/s1. The lowest BCUT2D eigenvalue weighted by Gasteiger charge is -2.33. The van der Waals surface area contributed by atoms with Crippen LogP contribution in [-0.2, 0) is 11.2 Å². The summed E-state index contributed by atoms with van der Waals surface area (Å²) in [4.78, 5) is 12.9. The molecule has 1 unspecified atom stereocenters. The maximum Gasteiger partial charge on any atom is 0.141 e. The first-order valence-electron chi connectivity index (χ1n) is 9.79. The number of carbonyl (C=O) groups excluding carboxylic acids is 1. The van der Waals surface area contributed by atoms with E-state index >= 15 is 0 Å². The van der Waals surface area contributed by atoms with Crippen molar-refractivity contribution in [1.82, 2.24) is 5.16 Å². The van der Waals surface area contributed by atoms with E-state index in [0.717, 1.165) is 46.7 Å². The highest BCUT2D eigenvalue weighted by molar-refractivity contribution is 5.88. The van der Waals surface area contributed by atoms with Gasteiger partial charge in [-0.3, -0.25) is 4.79 Å². The SMILES string of the molecule is C[C@@H]1Nc2ccc(-c3cnoc3)c(Oc3ccccc3)c2CC1C(=O)C1CC1. The van der Waals surface area contributed by atoms with Crippen LogP contribution in [0.1, 0.15) is 25.3 Å². The van der Waals surface area contributed by atoms with Gasteiger partial charge in [-0.05, 0) is 50.5 Å². The zero-order chi connectivity index (χ0) is 19.1. The Morgan fingerprint density at radius 2 is 2.00 bits per heavy atom. The Morgan fingerprint density at radius 1 is 1.18 bits per heavy atom. The normalized spacial score (nSPS) is 20.9. The van der Waals surface area contributed by atoms with Crippen LogP contribution in [0.15, 0.2) is 59.4 Å². The number of ketones is 1. The van der Waals surface area contributed by atoms with Crippen LogP contribution in [0, 0.1) is 11.8 Å². The number of aromatic nitrogens is 1. The molecule has 0 spiro atoms. The first kappa shape index (κ1) is 17.0. The van der Waals surface area contributed by atoms with Crippen molar-refractivity contribution in [2.24, 2.45) is 11.8 Å². The molecular formula is C23H22N2O3. The zero-order valence-electron chi connectivity index (χ0n) is 15.7. The van der Waals surface area contributed by atoms with E-state index in [0.29, 0.717) is 12.2 Å². The number of para-hydroxylation sites is 1. The van der Waals surface area contributed by atoms with Gasteiger partial charge in [-0.25, -0.2) is 0 Å². The van der Waals surface area contributed by atoms with Crippen LogP contribution >= 0.6 is 0 Å². The van der Waals surface area contributed by atoms with Gasteiger partial charge in [-0.2, -0.15) is 0 Å². The molecule has 142 valence electrons. The van der Waals surface area contributed by atoms with Crippen LogP contribution < -0.4 is 10.1 Å². The summed E-state index contributed by atoms with van der Waals surface area (Å²) in [7, 11) is 0. The number of carbonyl (C=O) groups is 1. The second-order valence-corrected chi connectivity index (χ2v) is 7.72. The highest BCUT2D eigenvalue weighted by atomic mass is 16.5. The van der Waals surface area contributed by atoms with Crippen LogP contribution in [0.4, 0.5) is 5.69 Å². The van der Waals surface area contributed by atoms with Crippen molar-refractivity contribution >= 4 is 11.5 Å². The van der Waals surface area contributed by atoms with Gasteiger partial charge in [0, 0.05) is 40.3 Å². The number of fused-ring (bicyclic) bond motifs is 1. The molecule has 1 saturated carbocycles. The fourth-order valence-corrected chi connectivity index (χ4v) is 4.01. The largest absolute Gasteiger partial charge is 0.456 e. The second kappa shape index (κ2) is 6.82. The lowest BCUT2D eigenvalue weighted by Crippen LogP contribution is -2.38. The molecule has 1 N–H and O–H groups in total. The van der Waals surface area contributed by atoms with Crippen LogP contribution in [0.5, 0.6) is 11.5 Å². The first-order valence-corrected chi connectivity index (χ1v) is 9.79. The van der Waals surface area contributed by atoms with Crippen LogP contribution in [0.2, 0.25) is 0 Å². The molecule has 0 bridgehead atoms. The molecule has 1 aliphatic carbocycles. The van der Waals surface area contributed by atoms with Crippen molar-refractivity contribution in [2.45, 2.75) is 32.2 Å². The van der Waals surface area contributed by atoms with E-state index < -0.39 is 0 Å². The number of hydrogen-bond donors (Lipinski definition) is 1. The molecule has 28 heavy (non-hydrogen) atoms. The van der Waals surface area contributed by atoms with E-state index in [1.54, 1.807) is 12.5 Å². The third-order valence-corrected chi connectivity index (χ3v) is 5.72. The highest BCUT2D eigenvalue weighted by Crippen LogP contribution is 2.45. The van der Waals surface area contributed by atoms with E-state index in [2.05, 4.69) is 23.5 Å². The van der Waals surface area contributed by atoms with E-state index in [1.165, 1.54) is 0 Å². The Morgan fingerprint density at radius 3 is 2.71 bits per heavy atom. The molecule has 1 fully saturated rings. The highest BCUT2D eigenvalue weighted by Gasteiger charge is 2.40. The monoisotopic (exact) mass is 374 g/mol. The number of benzene rings is 2. The summed E-state index contributed by atoms with van der Waals surface area (Å²) in [5, 5.41) is 7.38. The van der Waals surface area contributed by atoms with E-state index in [1.807, 2.05) is 36.4 Å². The maximum atomic E-state index is 12.9. The molecule has 2 aromatic carbocycles. The summed E-state index contributed by atoms with van der Waals surface area (Å²) in [6.07, 6.45) is 6.04. The first-order chi connectivity index (χ1) is 13.7. The van der Waals surface area contributed by atoms with Gasteiger partial charge in [0.25, 0.3) is 0 Å². The number of ether oxygens (including phenoxy) is 1. The zero-order valence-corrected chi connectivity index (χ0v) is 15.7. The number of nitrogens with one attached hydrogen (secondary N) is 1. The van der Waals surface area contributed by atoms with Gasteiger partial charge in [-0.15, -0.1) is 0 Å². The van der Waals surface area contributed by atoms with Crippen LogP contribution in [-0.4, -0.2) is 17.0 Å². The molecule has 0 radical (unpaired) electrons. The summed E-state index contributed by atoms with van der Waals surface area (Å²) in [5.74, 6) is 2.12. The Kier molecular flexibility index (Phi) is 4.15. The Labute approximate surface area is 163 Å². The molecule has 2 heterocycles. The van der Waals surface area contributed by atoms with Gasteiger partial charge < -0.3 is 14.6 Å². The summed E-state index contributed by atoms with van der Waals surface area (Å²) in [6.45, 7) is 2.10. The summed E-state index contributed by atoms with van der Waals surface area (Å²) in [6, 6.07) is 13.9. The van der Waals surface area contributed by atoms with Crippen LogP contribution in [0.25, 0.3) is 11.1 Å². The van der Waals surface area contributed by atoms with Gasteiger partial charge in [0.1, 0.15) is 23.5 Å². The van der Waals surface area contributed by atoms with Gasteiger partial charge in [-0.1, -0.05) is 23.4 Å². The average molecular weight is 374 g/mol. The minimum Gasteiger partial charge on any atom is -0.456 e. The molecule has 5 heteroatoms. The number of hydrogen-bond acceptors (Lipinski definition) is 5. The Hall–Kier alpha value is -3.08. The molecule has 5 nitrogen and oxygen atoms in total. The Bertz CT molecular complexity index is 994. The van der Waals surface area contributed by atoms with Crippen molar-refractivity contribution in [3.05, 3.63) is 60.5 Å². The van der Waals surface area contributed by atoms with E-state index in [4.69, 9.17) is 9.26 Å². The Balaban J connectivity index is 1.60. The van der Waals surface area contributed by atoms with E-state index in [9.17, 15) is 4.79 Å². The van der Waals surface area contributed by atoms with Gasteiger partial charge in [0.15, 0.2) is 0 Å². The third-order valence-electron chi connectivity index (χ3n) is 5.72. The van der Waals surface area contributed by atoms with E-state index in [-0.39, 0.29) is 17.9 Å². The summed E-state index contributed by atoms with van der Waals surface area (Å²) in [5.41, 5.74) is 3.84. The minimum atomic E-state index is -0.0316. The predicted molar refractivity (Wildman–Crippen MR) is 106 cm³/mol. The van der Waals surface area contributed by atoms with Crippen molar-refractivity contribution < 1.29 is 14.1 Å². The molecule has 0 saturated heterocycles. The van der Waals surface area contributed by atoms with Crippen molar-refractivity contribution in [3.63, 3.8) is 0 Å². The minimum absolute atomic E-state index is 0.0316. The molecular weight excluding hydrogens is 352 g/mol. The molecule has 2 atom stereocenters. The number of rotatable bonds is 5. The molecule has 1 aromatic heterocycles. The molecule has 3 aromatic rings. The topological polar surface area (TPSA) is 64.4 Å². The summed E-state index contributed by atoms with van der Waals surface area (Å²) >= 11 is 0. The third kappa shape index (κ3) is 3.07. The smallest absolute Gasteiger partial charge is 0.141 e. The van der Waals surface area contributed by atoms with Gasteiger partial charge in [0.2, 0.25) is 0 Å². The quantitative estimate of drug-likeness (QED) is 0.674. The predicted octanol–water partition coefficient (Wildman–Crippen LogP) is 5.09. The lowest BCUT2D eigenvalue weighted by molar-refractivity contribution is -0.124. The van der Waals surface area contributed by atoms with Crippen molar-refractivity contribution in [3.8, 4) is 22.6 Å². The fraction of sp³-hybridized carbons (Fsp3) is 0.304. The van der Waals surface area contributed by atoms with Crippen LogP contribution in [0.3, 0.4) is 0 Å². The van der Waals surface area contributed by atoms with Crippen molar-refractivity contribution in [1.29, 1.82) is 0 Å². The lowest BCUT2D eigenvalue weighted by atomic mass is 9.82.